The van der Waals surface area contributed by atoms with E-state index in [1.54, 1.807) is 17.0 Å². The molecule has 5 nitrogen and oxygen atoms in total. The topological polar surface area (TPSA) is 56.4 Å². The normalized spacial score (nSPS) is 14.3. The highest BCUT2D eigenvalue weighted by Crippen LogP contribution is 2.29. The third kappa shape index (κ3) is 3.65. The second-order valence-corrected chi connectivity index (χ2v) is 5.68. The molecule has 2 amide bonds. The van der Waals surface area contributed by atoms with Gasteiger partial charge in [0.2, 0.25) is 0 Å². The van der Waals surface area contributed by atoms with Crippen LogP contribution >= 0.6 is 0 Å². The van der Waals surface area contributed by atoms with Crippen molar-refractivity contribution in [3.63, 3.8) is 0 Å². The predicted molar refractivity (Wildman–Crippen MR) is 94.8 cm³/mol. The summed E-state index contributed by atoms with van der Waals surface area (Å²) >= 11 is 0. The van der Waals surface area contributed by atoms with Crippen LogP contribution in [0.5, 0.6) is 0 Å². The van der Waals surface area contributed by atoms with E-state index in [4.69, 9.17) is 0 Å². The zero-order valence-electron chi connectivity index (χ0n) is 13.6. The lowest BCUT2D eigenvalue weighted by atomic mass is 10.0. The lowest BCUT2D eigenvalue weighted by molar-refractivity contribution is 0.204. The number of nitrogens with one attached hydrogen (secondary N) is 3. The van der Waals surface area contributed by atoms with Gasteiger partial charge in [-0.1, -0.05) is 18.2 Å². The Hall–Kier alpha value is -2.60. The maximum Gasteiger partial charge on any atom is 0.321 e. The summed E-state index contributed by atoms with van der Waals surface area (Å²) in [6, 6.07) is 12.0. The SMILES string of the molecule is CNc1cc(-c2ccc(F)cc2)ccc1NC(=O)N1CCNCC1. The Kier molecular flexibility index (Phi) is 4.96. The van der Waals surface area contributed by atoms with Crippen molar-refractivity contribution in [3.8, 4) is 11.1 Å². The standard InChI is InChI=1S/C18H21FN4O/c1-20-17-12-14(13-2-5-15(19)6-3-13)4-7-16(17)22-18(24)23-10-8-21-9-11-23/h2-7,12,20-21H,8-11H2,1H3,(H,22,24). The molecule has 0 radical (unpaired) electrons. The summed E-state index contributed by atoms with van der Waals surface area (Å²) in [5, 5.41) is 9.29. The molecule has 0 bridgehead atoms. The van der Waals surface area contributed by atoms with Gasteiger partial charge in [-0.25, -0.2) is 9.18 Å². The molecule has 1 aliphatic rings. The molecule has 0 spiro atoms. The molecule has 6 heteroatoms. The molecular formula is C18H21FN4O. The number of hydrogen-bond acceptors (Lipinski definition) is 3. The fourth-order valence-electron chi connectivity index (χ4n) is 2.74. The molecule has 3 rings (SSSR count). The first-order valence-corrected chi connectivity index (χ1v) is 8.02. The lowest BCUT2D eigenvalue weighted by Gasteiger charge is -2.28. The number of anilines is 2. The van der Waals surface area contributed by atoms with E-state index in [1.807, 2.05) is 25.2 Å². The molecule has 126 valence electrons. The summed E-state index contributed by atoms with van der Waals surface area (Å²) in [6.07, 6.45) is 0. The molecule has 0 saturated carbocycles. The molecule has 1 aliphatic heterocycles. The van der Waals surface area contributed by atoms with Crippen LogP contribution in [-0.4, -0.2) is 44.2 Å². The number of urea groups is 1. The number of rotatable bonds is 3. The number of hydrogen-bond donors (Lipinski definition) is 3. The first-order valence-electron chi connectivity index (χ1n) is 8.02. The molecular weight excluding hydrogens is 307 g/mol. The van der Waals surface area contributed by atoms with Gasteiger partial charge in [0.15, 0.2) is 0 Å². The summed E-state index contributed by atoms with van der Waals surface area (Å²) in [5.41, 5.74) is 3.43. The van der Waals surface area contributed by atoms with Gasteiger partial charge in [-0.2, -0.15) is 0 Å². The van der Waals surface area contributed by atoms with E-state index in [-0.39, 0.29) is 11.8 Å². The molecule has 1 saturated heterocycles. The number of piperazine rings is 1. The first-order chi connectivity index (χ1) is 11.7. The van der Waals surface area contributed by atoms with Crippen molar-refractivity contribution in [1.82, 2.24) is 10.2 Å². The summed E-state index contributed by atoms with van der Waals surface area (Å²) in [5.74, 6) is -0.257. The van der Waals surface area contributed by atoms with Gasteiger partial charge in [0.25, 0.3) is 0 Å². The third-order valence-corrected chi connectivity index (χ3v) is 4.11. The fourth-order valence-corrected chi connectivity index (χ4v) is 2.74. The Morgan fingerprint density at radius 3 is 2.38 bits per heavy atom. The van der Waals surface area contributed by atoms with Gasteiger partial charge in [0.1, 0.15) is 5.82 Å². The number of amides is 2. The lowest BCUT2D eigenvalue weighted by Crippen LogP contribution is -2.48. The first kappa shape index (κ1) is 16.3. The minimum Gasteiger partial charge on any atom is -0.386 e. The number of carbonyl (C=O) groups is 1. The van der Waals surface area contributed by atoms with Gasteiger partial charge >= 0.3 is 6.03 Å². The van der Waals surface area contributed by atoms with Gasteiger partial charge in [-0.05, 0) is 35.4 Å². The zero-order chi connectivity index (χ0) is 16.9. The zero-order valence-corrected chi connectivity index (χ0v) is 13.6. The minimum atomic E-state index is -0.257. The average molecular weight is 328 g/mol. The van der Waals surface area contributed by atoms with E-state index < -0.39 is 0 Å². The summed E-state index contributed by atoms with van der Waals surface area (Å²) in [4.78, 5) is 14.1. The van der Waals surface area contributed by atoms with Crippen molar-refractivity contribution in [2.24, 2.45) is 0 Å². The quantitative estimate of drug-likeness (QED) is 0.812. The van der Waals surface area contributed by atoms with E-state index in [2.05, 4.69) is 16.0 Å². The predicted octanol–water partition coefficient (Wildman–Crippen LogP) is 2.97. The van der Waals surface area contributed by atoms with Crippen LogP contribution in [0.3, 0.4) is 0 Å². The van der Waals surface area contributed by atoms with Crippen molar-refractivity contribution in [2.75, 3.05) is 43.9 Å². The molecule has 0 atom stereocenters. The maximum atomic E-state index is 13.1. The molecule has 3 N–H and O–H groups in total. The van der Waals surface area contributed by atoms with E-state index >= 15 is 0 Å². The Morgan fingerprint density at radius 2 is 1.71 bits per heavy atom. The molecule has 0 aromatic heterocycles. The minimum absolute atomic E-state index is 0.0949. The molecule has 2 aromatic carbocycles. The molecule has 24 heavy (non-hydrogen) atoms. The van der Waals surface area contributed by atoms with Crippen molar-refractivity contribution in [2.45, 2.75) is 0 Å². The maximum absolute atomic E-state index is 13.1. The van der Waals surface area contributed by atoms with Gasteiger partial charge < -0.3 is 20.9 Å². The molecule has 2 aromatic rings. The van der Waals surface area contributed by atoms with Crippen LogP contribution in [0, 0.1) is 5.82 Å². The van der Waals surface area contributed by atoms with Gasteiger partial charge in [0, 0.05) is 33.2 Å². The summed E-state index contributed by atoms with van der Waals surface area (Å²) < 4.78 is 13.1. The van der Waals surface area contributed by atoms with Crippen LogP contribution < -0.4 is 16.0 Å². The van der Waals surface area contributed by atoms with Gasteiger partial charge in [-0.3, -0.25) is 0 Å². The monoisotopic (exact) mass is 328 g/mol. The largest absolute Gasteiger partial charge is 0.386 e. The third-order valence-electron chi connectivity index (χ3n) is 4.11. The Labute approximate surface area is 140 Å². The van der Waals surface area contributed by atoms with Crippen LogP contribution in [0.15, 0.2) is 42.5 Å². The Balaban J connectivity index is 1.78. The van der Waals surface area contributed by atoms with E-state index in [9.17, 15) is 9.18 Å². The smallest absolute Gasteiger partial charge is 0.321 e. The molecule has 1 heterocycles. The second kappa shape index (κ2) is 7.31. The van der Waals surface area contributed by atoms with Crippen LogP contribution in [0.4, 0.5) is 20.6 Å². The van der Waals surface area contributed by atoms with Crippen LogP contribution in [0.1, 0.15) is 0 Å². The summed E-state index contributed by atoms with van der Waals surface area (Å²) in [6.45, 7) is 3.04. The Morgan fingerprint density at radius 1 is 1.04 bits per heavy atom. The number of nitrogens with zero attached hydrogens (tertiary/aromatic N) is 1. The molecule has 1 fully saturated rings. The van der Waals surface area contributed by atoms with Crippen molar-refractivity contribution in [1.29, 1.82) is 0 Å². The van der Waals surface area contributed by atoms with Crippen LogP contribution in [0.25, 0.3) is 11.1 Å². The number of halogens is 1. The number of carbonyl (C=O) groups excluding carboxylic acids is 1. The highest BCUT2D eigenvalue weighted by molar-refractivity contribution is 5.94. The summed E-state index contributed by atoms with van der Waals surface area (Å²) in [7, 11) is 1.81. The molecule has 0 unspecified atom stereocenters. The van der Waals surface area contributed by atoms with Crippen molar-refractivity contribution in [3.05, 3.63) is 48.3 Å². The highest BCUT2D eigenvalue weighted by Gasteiger charge is 2.17. The van der Waals surface area contributed by atoms with Crippen molar-refractivity contribution < 1.29 is 9.18 Å². The fraction of sp³-hybridized carbons (Fsp3) is 0.278. The van der Waals surface area contributed by atoms with Crippen molar-refractivity contribution >= 4 is 17.4 Å². The van der Waals surface area contributed by atoms with Crippen LogP contribution in [-0.2, 0) is 0 Å². The van der Waals surface area contributed by atoms with Crippen LogP contribution in [0.2, 0.25) is 0 Å². The average Bonchev–Trinajstić information content (AvgIpc) is 2.63. The van der Waals surface area contributed by atoms with E-state index in [0.29, 0.717) is 13.1 Å². The van der Waals surface area contributed by atoms with Gasteiger partial charge in [0.05, 0.1) is 11.4 Å². The molecule has 0 aliphatic carbocycles. The van der Waals surface area contributed by atoms with Gasteiger partial charge in [-0.15, -0.1) is 0 Å². The number of benzene rings is 2. The van der Waals surface area contributed by atoms with E-state index in [0.717, 1.165) is 35.6 Å². The second-order valence-electron chi connectivity index (χ2n) is 5.68. The Bertz CT molecular complexity index is 711. The van der Waals surface area contributed by atoms with E-state index in [1.165, 1.54) is 12.1 Å². The highest BCUT2D eigenvalue weighted by atomic mass is 19.1.